The standard InChI is InChI=1S/C13H15NO5/c1-3-12(16)19-14(2)11(13(17)18)8-9-4-6-10(15)7-5-9/h3-7,11,15H,1,8H2,2H3,(H,17,18). The Balaban J connectivity index is 2.77. The molecule has 0 saturated heterocycles. The van der Waals surface area contributed by atoms with Gasteiger partial charge in [-0.1, -0.05) is 18.7 Å². The fourth-order valence-electron chi connectivity index (χ4n) is 1.47. The first-order chi connectivity index (χ1) is 8.93. The van der Waals surface area contributed by atoms with Crippen LogP contribution in [0.15, 0.2) is 36.9 Å². The molecule has 1 aromatic rings. The van der Waals surface area contributed by atoms with Gasteiger partial charge in [0.15, 0.2) is 0 Å². The summed E-state index contributed by atoms with van der Waals surface area (Å²) in [4.78, 5) is 27.0. The molecule has 19 heavy (non-hydrogen) atoms. The van der Waals surface area contributed by atoms with Crippen molar-refractivity contribution >= 4 is 11.9 Å². The van der Waals surface area contributed by atoms with E-state index in [0.717, 1.165) is 11.1 Å². The zero-order valence-electron chi connectivity index (χ0n) is 10.4. The zero-order chi connectivity index (χ0) is 14.4. The lowest BCUT2D eigenvalue weighted by Gasteiger charge is -2.22. The van der Waals surface area contributed by atoms with Crippen molar-refractivity contribution in [3.05, 3.63) is 42.5 Å². The summed E-state index contributed by atoms with van der Waals surface area (Å²) in [5, 5.41) is 19.3. The maximum Gasteiger partial charge on any atom is 0.349 e. The second-order valence-corrected chi connectivity index (χ2v) is 3.89. The second-order valence-electron chi connectivity index (χ2n) is 3.89. The highest BCUT2D eigenvalue weighted by Gasteiger charge is 2.25. The summed E-state index contributed by atoms with van der Waals surface area (Å²) >= 11 is 0. The first-order valence-electron chi connectivity index (χ1n) is 5.52. The summed E-state index contributed by atoms with van der Waals surface area (Å²) in [5.74, 6) is -1.74. The van der Waals surface area contributed by atoms with Crippen molar-refractivity contribution in [2.45, 2.75) is 12.5 Å². The van der Waals surface area contributed by atoms with Gasteiger partial charge in [-0.05, 0) is 17.7 Å². The van der Waals surface area contributed by atoms with E-state index in [4.69, 9.17) is 15.1 Å². The lowest BCUT2D eigenvalue weighted by Crippen LogP contribution is -2.41. The minimum Gasteiger partial charge on any atom is -0.508 e. The van der Waals surface area contributed by atoms with Gasteiger partial charge in [-0.2, -0.15) is 0 Å². The normalized spacial score (nSPS) is 11.9. The topological polar surface area (TPSA) is 87.1 Å². The van der Waals surface area contributed by atoms with Gasteiger partial charge in [-0.15, -0.1) is 5.06 Å². The number of likely N-dealkylation sites (N-methyl/N-ethyl adjacent to an activating group) is 1. The highest BCUT2D eigenvalue weighted by molar-refractivity contribution is 5.81. The van der Waals surface area contributed by atoms with Crippen LogP contribution in [0.5, 0.6) is 5.75 Å². The quantitative estimate of drug-likeness (QED) is 0.588. The lowest BCUT2D eigenvalue weighted by molar-refractivity contribution is -0.193. The van der Waals surface area contributed by atoms with Gasteiger partial charge < -0.3 is 15.1 Å². The second kappa shape index (κ2) is 6.55. The van der Waals surface area contributed by atoms with Gasteiger partial charge in [0.2, 0.25) is 0 Å². The van der Waals surface area contributed by atoms with Gasteiger partial charge in [0.25, 0.3) is 0 Å². The van der Waals surface area contributed by atoms with E-state index in [1.54, 1.807) is 12.1 Å². The molecule has 0 aliphatic carbocycles. The molecule has 0 fully saturated rings. The molecule has 2 N–H and O–H groups in total. The Morgan fingerprint density at radius 3 is 2.47 bits per heavy atom. The molecule has 0 aliphatic rings. The first kappa shape index (κ1) is 14.7. The molecule has 1 aromatic carbocycles. The van der Waals surface area contributed by atoms with Crippen LogP contribution >= 0.6 is 0 Å². The summed E-state index contributed by atoms with van der Waals surface area (Å²) in [6, 6.07) is 5.12. The Hall–Kier alpha value is -2.34. The number of carbonyl (C=O) groups excluding carboxylic acids is 1. The summed E-state index contributed by atoms with van der Waals surface area (Å²) in [6.07, 6.45) is 1.09. The smallest absolute Gasteiger partial charge is 0.349 e. The number of hydrogen-bond acceptors (Lipinski definition) is 5. The van der Waals surface area contributed by atoms with Gasteiger partial charge in [-0.25, -0.2) is 4.79 Å². The molecule has 1 atom stereocenters. The van der Waals surface area contributed by atoms with Gasteiger partial charge >= 0.3 is 11.9 Å². The number of aromatic hydroxyl groups is 1. The predicted octanol–water partition coefficient (Wildman–Crippen LogP) is 0.964. The molecule has 102 valence electrons. The van der Waals surface area contributed by atoms with Crippen molar-refractivity contribution in [2.24, 2.45) is 0 Å². The number of phenols is 1. The summed E-state index contributed by atoms with van der Waals surface area (Å²) in [7, 11) is 1.36. The Labute approximate surface area is 110 Å². The molecule has 0 radical (unpaired) electrons. The number of aliphatic carboxylic acids is 1. The molecular formula is C13H15NO5. The number of phenolic OH excluding ortho intramolecular Hbond substituents is 1. The van der Waals surface area contributed by atoms with Crippen LogP contribution in [0, 0.1) is 0 Å². The largest absolute Gasteiger partial charge is 0.508 e. The number of hydrogen-bond donors (Lipinski definition) is 2. The molecule has 1 unspecified atom stereocenters. The number of rotatable bonds is 6. The van der Waals surface area contributed by atoms with Crippen molar-refractivity contribution < 1.29 is 24.6 Å². The van der Waals surface area contributed by atoms with Crippen LogP contribution < -0.4 is 0 Å². The van der Waals surface area contributed by atoms with E-state index in [2.05, 4.69) is 6.58 Å². The molecule has 6 heteroatoms. The summed E-state index contributed by atoms with van der Waals surface area (Å²) in [5.41, 5.74) is 0.701. The molecule has 0 saturated carbocycles. The lowest BCUT2D eigenvalue weighted by atomic mass is 10.1. The van der Waals surface area contributed by atoms with Crippen LogP contribution in [-0.4, -0.2) is 40.3 Å². The van der Waals surface area contributed by atoms with E-state index in [-0.39, 0.29) is 12.2 Å². The third-order valence-corrected chi connectivity index (χ3v) is 2.49. The number of carbonyl (C=O) groups is 2. The number of nitrogens with zero attached hydrogens (tertiary/aromatic N) is 1. The minimum atomic E-state index is -1.12. The molecule has 0 amide bonds. The maximum atomic E-state index is 11.2. The average molecular weight is 265 g/mol. The van der Waals surface area contributed by atoms with Crippen molar-refractivity contribution in [3.8, 4) is 5.75 Å². The monoisotopic (exact) mass is 265 g/mol. The molecule has 0 heterocycles. The maximum absolute atomic E-state index is 11.2. The average Bonchev–Trinajstić information content (AvgIpc) is 2.37. The van der Waals surface area contributed by atoms with Gasteiger partial charge in [-0.3, -0.25) is 4.79 Å². The fraction of sp³-hybridized carbons (Fsp3) is 0.231. The van der Waals surface area contributed by atoms with Crippen molar-refractivity contribution in [2.75, 3.05) is 7.05 Å². The minimum absolute atomic E-state index is 0.0991. The number of benzene rings is 1. The van der Waals surface area contributed by atoms with E-state index in [1.165, 1.54) is 19.2 Å². The molecular weight excluding hydrogens is 250 g/mol. The number of hydroxylamine groups is 2. The van der Waals surface area contributed by atoms with Gasteiger partial charge in [0.05, 0.1) is 0 Å². The van der Waals surface area contributed by atoms with E-state index in [0.29, 0.717) is 5.56 Å². The van der Waals surface area contributed by atoms with E-state index >= 15 is 0 Å². The molecule has 1 rings (SSSR count). The van der Waals surface area contributed by atoms with Crippen molar-refractivity contribution in [3.63, 3.8) is 0 Å². The van der Waals surface area contributed by atoms with Crippen molar-refractivity contribution in [1.29, 1.82) is 0 Å². The molecule has 0 aromatic heterocycles. The van der Waals surface area contributed by atoms with E-state index < -0.39 is 18.0 Å². The van der Waals surface area contributed by atoms with Crippen LogP contribution in [0.25, 0.3) is 0 Å². The van der Waals surface area contributed by atoms with Crippen LogP contribution in [0.4, 0.5) is 0 Å². The van der Waals surface area contributed by atoms with Gasteiger partial charge in [0.1, 0.15) is 11.8 Å². The summed E-state index contributed by atoms with van der Waals surface area (Å²) in [6.45, 7) is 3.24. The molecule has 0 spiro atoms. The Morgan fingerprint density at radius 1 is 1.42 bits per heavy atom. The van der Waals surface area contributed by atoms with Gasteiger partial charge in [0, 0.05) is 19.5 Å². The van der Waals surface area contributed by atoms with Crippen LogP contribution in [-0.2, 0) is 20.8 Å². The number of carboxylic acids is 1. The third kappa shape index (κ3) is 4.44. The van der Waals surface area contributed by atoms with Crippen LogP contribution in [0.2, 0.25) is 0 Å². The van der Waals surface area contributed by atoms with Crippen LogP contribution in [0.3, 0.4) is 0 Å². The predicted molar refractivity (Wildman–Crippen MR) is 67.3 cm³/mol. The summed E-state index contributed by atoms with van der Waals surface area (Å²) < 4.78 is 0. The highest BCUT2D eigenvalue weighted by Crippen LogP contribution is 2.13. The molecule has 0 aliphatic heterocycles. The van der Waals surface area contributed by atoms with E-state index in [9.17, 15) is 9.59 Å². The van der Waals surface area contributed by atoms with Crippen LogP contribution in [0.1, 0.15) is 5.56 Å². The highest BCUT2D eigenvalue weighted by atomic mass is 16.7. The first-order valence-corrected chi connectivity index (χ1v) is 5.52. The third-order valence-electron chi connectivity index (χ3n) is 2.49. The SMILES string of the molecule is C=CC(=O)ON(C)C(Cc1ccc(O)cc1)C(=O)O. The van der Waals surface area contributed by atoms with Crippen molar-refractivity contribution in [1.82, 2.24) is 5.06 Å². The number of carboxylic acid groups (broad SMARTS) is 1. The zero-order valence-corrected chi connectivity index (χ0v) is 10.4. The molecule has 6 nitrogen and oxygen atoms in total. The Kier molecular flexibility index (Phi) is 5.08. The Bertz CT molecular complexity index is 468. The Morgan fingerprint density at radius 2 is 2.00 bits per heavy atom. The molecule has 0 bridgehead atoms. The fourth-order valence-corrected chi connectivity index (χ4v) is 1.47. The van der Waals surface area contributed by atoms with E-state index in [1.807, 2.05) is 0 Å².